The maximum absolute atomic E-state index is 12.2. The van der Waals surface area contributed by atoms with Gasteiger partial charge in [-0.3, -0.25) is 0 Å². The summed E-state index contributed by atoms with van der Waals surface area (Å²) in [7, 11) is -5.23. The quantitative estimate of drug-likeness (QED) is 0.797. The highest BCUT2D eigenvalue weighted by Crippen LogP contribution is 2.30. The third kappa shape index (κ3) is 3.45. The SMILES string of the molecule is CC(Br)Cc1ccc(S(=O)(=O)C(F)(F)F)cc1. The van der Waals surface area contributed by atoms with Gasteiger partial charge in [0.2, 0.25) is 0 Å². The Hall–Kier alpha value is -0.560. The van der Waals surface area contributed by atoms with E-state index in [1.807, 2.05) is 6.92 Å². The molecular formula is C10H10BrF3O2S. The fourth-order valence-corrected chi connectivity index (χ4v) is 2.40. The van der Waals surface area contributed by atoms with Crippen molar-refractivity contribution in [1.82, 2.24) is 0 Å². The summed E-state index contributed by atoms with van der Waals surface area (Å²) in [4.78, 5) is -0.552. The number of rotatable bonds is 3. The van der Waals surface area contributed by atoms with Crippen LogP contribution in [0.15, 0.2) is 29.2 Å². The van der Waals surface area contributed by atoms with Gasteiger partial charge in [-0.05, 0) is 24.1 Å². The first-order chi connectivity index (χ1) is 7.64. The molecule has 0 N–H and O–H groups in total. The van der Waals surface area contributed by atoms with Gasteiger partial charge in [-0.25, -0.2) is 8.42 Å². The lowest BCUT2D eigenvalue weighted by Crippen LogP contribution is -2.23. The molecule has 0 saturated heterocycles. The van der Waals surface area contributed by atoms with E-state index in [1.165, 1.54) is 12.1 Å². The Morgan fingerprint density at radius 1 is 1.24 bits per heavy atom. The van der Waals surface area contributed by atoms with Gasteiger partial charge in [-0.15, -0.1) is 0 Å². The number of alkyl halides is 4. The van der Waals surface area contributed by atoms with Gasteiger partial charge >= 0.3 is 5.51 Å². The largest absolute Gasteiger partial charge is 0.501 e. The second-order valence-electron chi connectivity index (χ2n) is 3.58. The average molecular weight is 331 g/mol. The normalized spacial score (nSPS) is 14.6. The van der Waals surface area contributed by atoms with Gasteiger partial charge in [0.25, 0.3) is 9.84 Å². The molecule has 0 fully saturated rings. The predicted molar refractivity (Wildman–Crippen MR) is 61.8 cm³/mol. The first-order valence-electron chi connectivity index (χ1n) is 4.69. The van der Waals surface area contributed by atoms with Crippen LogP contribution in [0.5, 0.6) is 0 Å². The molecule has 96 valence electrons. The fourth-order valence-electron chi connectivity index (χ4n) is 1.26. The minimum Gasteiger partial charge on any atom is -0.214 e. The smallest absolute Gasteiger partial charge is 0.214 e. The summed E-state index contributed by atoms with van der Waals surface area (Å²) in [5.41, 5.74) is -4.48. The molecule has 0 aromatic heterocycles. The van der Waals surface area contributed by atoms with Crippen molar-refractivity contribution in [2.24, 2.45) is 0 Å². The summed E-state index contributed by atoms with van der Waals surface area (Å²) in [6.45, 7) is 1.89. The Balaban J connectivity index is 3.04. The highest BCUT2D eigenvalue weighted by atomic mass is 79.9. The van der Waals surface area contributed by atoms with Crippen molar-refractivity contribution < 1.29 is 21.6 Å². The molecule has 0 aliphatic carbocycles. The molecule has 0 radical (unpaired) electrons. The summed E-state index contributed by atoms with van der Waals surface area (Å²) >= 11 is 3.30. The molecule has 0 bridgehead atoms. The molecule has 1 rings (SSSR count). The van der Waals surface area contributed by atoms with Gasteiger partial charge in [0, 0.05) is 4.83 Å². The van der Waals surface area contributed by atoms with Crippen molar-refractivity contribution in [3.8, 4) is 0 Å². The number of hydrogen-bond donors (Lipinski definition) is 0. The van der Waals surface area contributed by atoms with Crippen molar-refractivity contribution in [2.75, 3.05) is 0 Å². The van der Waals surface area contributed by atoms with Gasteiger partial charge in [-0.1, -0.05) is 35.0 Å². The lowest BCUT2D eigenvalue weighted by molar-refractivity contribution is -0.0436. The van der Waals surface area contributed by atoms with Crippen LogP contribution in [0.3, 0.4) is 0 Å². The molecule has 1 aromatic carbocycles. The van der Waals surface area contributed by atoms with Crippen molar-refractivity contribution in [3.63, 3.8) is 0 Å². The lowest BCUT2D eigenvalue weighted by atomic mass is 10.1. The van der Waals surface area contributed by atoms with E-state index in [2.05, 4.69) is 15.9 Å². The van der Waals surface area contributed by atoms with Crippen LogP contribution in [0.2, 0.25) is 0 Å². The summed E-state index contributed by atoms with van der Waals surface area (Å²) < 4.78 is 58.8. The fraction of sp³-hybridized carbons (Fsp3) is 0.400. The van der Waals surface area contributed by atoms with E-state index < -0.39 is 20.2 Å². The second-order valence-corrected chi connectivity index (χ2v) is 7.08. The van der Waals surface area contributed by atoms with E-state index in [1.54, 1.807) is 0 Å². The van der Waals surface area contributed by atoms with Crippen LogP contribution in [0, 0.1) is 0 Å². The van der Waals surface area contributed by atoms with Crippen LogP contribution < -0.4 is 0 Å². The molecule has 0 aliphatic rings. The standard InChI is InChI=1S/C10H10BrF3O2S/c1-7(11)6-8-2-4-9(5-3-8)17(15,16)10(12,13)14/h2-5,7H,6H2,1H3. The molecule has 2 nitrogen and oxygen atoms in total. The van der Waals surface area contributed by atoms with E-state index in [-0.39, 0.29) is 4.83 Å². The zero-order valence-corrected chi connectivity index (χ0v) is 11.2. The van der Waals surface area contributed by atoms with Gasteiger partial charge in [0.1, 0.15) is 0 Å². The molecule has 17 heavy (non-hydrogen) atoms. The summed E-state index contributed by atoms with van der Waals surface area (Å²) in [6.07, 6.45) is 0.617. The molecule has 0 saturated carbocycles. The van der Waals surface area contributed by atoms with Gasteiger partial charge in [0.05, 0.1) is 4.90 Å². The number of halogens is 4. The maximum atomic E-state index is 12.2. The number of benzene rings is 1. The molecule has 1 unspecified atom stereocenters. The van der Waals surface area contributed by atoms with Gasteiger partial charge in [-0.2, -0.15) is 13.2 Å². The number of hydrogen-bond acceptors (Lipinski definition) is 2. The number of sulfone groups is 1. The van der Waals surface area contributed by atoms with Gasteiger partial charge in [0.15, 0.2) is 0 Å². The Labute approximate surface area is 106 Å². The van der Waals surface area contributed by atoms with E-state index >= 15 is 0 Å². The molecule has 0 spiro atoms. The Kier molecular flexibility index (Phi) is 4.24. The highest BCUT2D eigenvalue weighted by Gasteiger charge is 2.46. The molecule has 1 atom stereocenters. The summed E-state index contributed by atoms with van der Waals surface area (Å²) in [5, 5.41) is 0. The average Bonchev–Trinajstić information content (AvgIpc) is 2.15. The Morgan fingerprint density at radius 3 is 2.06 bits per heavy atom. The Morgan fingerprint density at radius 2 is 1.71 bits per heavy atom. The minimum atomic E-state index is -5.25. The maximum Gasteiger partial charge on any atom is 0.501 e. The first-order valence-corrected chi connectivity index (χ1v) is 7.09. The van der Waals surface area contributed by atoms with Crippen LogP contribution in [0.4, 0.5) is 13.2 Å². The molecule has 1 aromatic rings. The molecule has 0 heterocycles. The summed E-state index contributed by atoms with van der Waals surface area (Å²) in [6, 6.07) is 4.73. The first kappa shape index (κ1) is 14.5. The molecule has 0 aliphatic heterocycles. The third-order valence-electron chi connectivity index (χ3n) is 2.06. The van der Waals surface area contributed by atoms with Gasteiger partial charge < -0.3 is 0 Å². The van der Waals surface area contributed by atoms with Crippen LogP contribution in [-0.2, 0) is 16.3 Å². The summed E-state index contributed by atoms with van der Waals surface area (Å²) in [5.74, 6) is 0. The topological polar surface area (TPSA) is 34.1 Å². The predicted octanol–water partition coefficient (Wildman–Crippen LogP) is 3.31. The van der Waals surface area contributed by atoms with Crippen LogP contribution in [-0.4, -0.2) is 18.8 Å². The Bertz CT molecular complexity index is 477. The van der Waals surface area contributed by atoms with Crippen molar-refractivity contribution in [2.45, 2.75) is 28.6 Å². The second kappa shape index (κ2) is 4.97. The zero-order chi connectivity index (χ0) is 13.3. The van der Waals surface area contributed by atoms with E-state index in [9.17, 15) is 21.6 Å². The monoisotopic (exact) mass is 330 g/mol. The lowest BCUT2D eigenvalue weighted by Gasteiger charge is -2.09. The van der Waals surface area contributed by atoms with Crippen molar-refractivity contribution >= 4 is 25.8 Å². The van der Waals surface area contributed by atoms with Crippen LogP contribution in [0.1, 0.15) is 12.5 Å². The van der Waals surface area contributed by atoms with E-state index in [0.717, 1.165) is 17.7 Å². The highest BCUT2D eigenvalue weighted by molar-refractivity contribution is 9.09. The van der Waals surface area contributed by atoms with E-state index in [0.29, 0.717) is 6.42 Å². The molecular weight excluding hydrogens is 321 g/mol. The van der Waals surface area contributed by atoms with E-state index in [4.69, 9.17) is 0 Å². The van der Waals surface area contributed by atoms with Crippen molar-refractivity contribution in [3.05, 3.63) is 29.8 Å². The third-order valence-corrected chi connectivity index (χ3v) is 3.88. The molecule has 7 heteroatoms. The van der Waals surface area contributed by atoms with Crippen LogP contribution >= 0.6 is 15.9 Å². The zero-order valence-electron chi connectivity index (χ0n) is 8.83. The minimum absolute atomic E-state index is 0.174. The van der Waals surface area contributed by atoms with Crippen molar-refractivity contribution in [1.29, 1.82) is 0 Å². The molecule has 0 amide bonds. The van der Waals surface area contributed by atoms with Crippen LogP contribution in [0.25, 0.3) is 0 Å².